The summed E-state index contributed by atoms with van der Waals surface area (Å²) in [7, 11) is 0. The van der Waals surface area contributed by atoms with Gasteiger partial charge < -0.3 is 82.6 Å². The van der Waals surface area contributed by atoms with E-state index in [1.54, 1.807) is 0 Å². The second kappa shape index (κ2) is 16.3. The normalized spacial score (nSPS) is 46.6. The Bertz CT molecular complexity index is 838. The summed E-state index contributed by atoms with van der Waals surface area (Å²) >= 11 is 0. The van der Waals surface area contributed by atoms with Gasteiger partial charge in [-0.15, -0.1) is 0 Å². The number of hydrogen-bond acceptors (Lipinski definition) is 16. The molecule has 16 nitrogen and oxygen atoms in total. The second-order valence-electron chi connectivity index (χ2n) is 12.3. The quantitative estimate of drug-likeness (QED) is 0.0927. The van der Waals surface area contributed by atoms with Crippen LogP contribution in [-0.2, 0) is 28.4 Å². The Labute approximate surface area is 252 Å². The maximum atomic E-state index is 11.5. The van der Waals surface area contributed by atoms with Crippen molar-refractivity contribution in [1.29, 1.82) is 0 Å². The zero-order valence-corrected chi connectivity index (χ0v) is 24.6. The summed E-state index contributed by atoms with van der Waals surface area (Å²) in [5, 5.41) is 52.0. The van der Waals surface area contributed by atoms with Crippen LogP contribution in [0.2, 0.25) is 0 Å². The first-order valence-electron chi connectivity index (χ1n) is 15.5. The molecule has 0 aromatic heterocycles. The molecule has 16 atom stereocenters. The molecule has 1 unspecified atom stereocenters. The molecule has 4 rings (SSSR count). The molecule has 4 aliphatic rings. The SMILES string of the molecule is NC[C@@H]1CC[C@@H](N)[C@@H](O[C@H]2[C@H](O[C@@H]3O[C@H](CO)[C@@H](O[C@H]4O[C@@H](CN)CC[C@H]4N)[C@H]3O)[C@@H](O)[C@H](CCC(O)CO)C[C@@H]2N)O1. The van der Waals surface area contributed by atoms with Gasteiger partial charge in [-0.05, 0) is 50.9 Å². The minimum Gasteiger partial charge on any atom is -0.394 e. The molecule has 4 fully saturated rings. The highest BCUT2D eigenvalue weighted by Crippen LogP contribution is 2.37. The van der Waals surface area contributed by atoms with Crippen molar-refractivity contribution in [2.45, 2.75) is 137 Å². The van der Waals surface area contributed by atoms with Gasteiger partial charge in [0.1, 0.15) is 30.5 Å². The predicted molar refractivity (Wildman–Crippen MR) is 151 cm³/mol. The van der Waals surface area contributed by atoms with Gasteiger partial charge in [0.25, 0.3) is 0 Å². The fraction of sp³-hybridized carbons (Fsp3) is 1.00. The van der Waals surface area contributed by atoms with Crippen molar-refractivity contribution in [3.05, 3.63) is 0 Å². The molecule has 0 spiro atoms. The van der Waals surface area contributed by atoms with Crippen molar-refractivity contribution >= 4 is 0 Å². The summed E-state index contributed by atoms with van der Waals surface area (Å²) in [5.74, 6) is -0.431. The lowest BCUT2D eigenvalue weighted by molar-refractivity contribution is -0.291. The summed E-state index contributed by atoms with van der Waals surface area (Å²) in [4.78, 5) is 0. The van der Waals surface area contributed by atoms with Gasteiger partial charge in [0, 0.05) is 19.1 Å². The van der Waals surface area contributed by atoms with E-state index in [-0.39, 0.29) is 31.7 Å². The van der Waals surface area contributed by atoms with Crippen molar-refractivity contribution < 1.29 is 54.0 Å². The molecule has 1 saturated carbocycles. The lowest BCUT2D eigenvalue weighted by atomic mass is 9.77. The highest BCUT2D eigenvalue weighted by molar-refractivity contribution is 4.99. The third-order valence-corrected chi connectivity index (χ3v) is 9.09. The van der Waals surface area contributed by atoms with Crippen molar-refractivity contribution in [3.63, 3.8) is 0 Å². The van der Waals surface area contributed by atoms with Gasteiger partial charge in [-0.25, -0.2) is 0 Å². The van der Waals surface area contributed by atoms with Crippen LogP contribution in [0.15, 0.2) is 0 Å². The molecule has 3 saturated heterocycles. The number of rotatable bonds is 13. The Balaban J connectivity index is 1.51. The zero-order valence-electron chi connectivity index (χ0n) is 24.6. The van der Waals surface area contributed by atoms with Crippen LogP contribution < -0.4 is 28.7 Å². The third-order valence-electron chi connectivity index (χ3n) is 9.09. The van der Waals surface area contributed by atoms with Crippen LogP contribution in [-0.4, -0.2) is 144 Å². The monoisotopic (exact) mass is 623 g/mol. The molecule has 252 valence electrons. The van der Waals surface area contributed by atoms with Crippen LogP contribution in [0.4, 0.5) is 0 Å². The molecule has 0 radical (unpaired) electrons. The van der Waals surface area contributed by atoms with Crippen molar-refractivity contribution in [1.82, 2.24) is 0 Å². The summed E-state index contributed by atoms with van der Waals surface area (Å²) < 4.78 is 36.2. The molecule has 0 amide bonds. The van der Waals surface area contributed by atoms with E-state index in [2.05, 4.69) is 0 Å². The average Bonchev–Trinajstić information content (AvgIpc) is 3.30. The molecule has 3 heterocycles. The van der Waals surface area contributed by atoms with Gasteiger partial charge >= 0.3 is 0 Å². The maximum Gasteiger partial charge on any atom is 0.187 e. The van der Waals surface area contributed by atoms with Gasteiger partial charge in [0.15, 0.2) is 18.9 Å². The van der Waals surface area contributed by atoms with E-state index in [0.29, 0.717) is 38.5 Å². The van der Waals surface area contributed by atoms with Crippen LogP contribution in [0.25, 0.3) is 0 Å². The predicted octanol–water partition coefficient (Wildman–Crippen LogP) is -4.36. The molecule has 0 aromatic carbocycles. The Morgan fingerprint density at radius 1 is 0.698 bits per heavy atom. The zero-order chi connectivity index (χ0) is 31.3. The van der Waals surface area contributed by atoms with Gasteiger partial charge in [-0.3, -0.25) is 0 Å². The first kappa shape index (κ1) is 35.2. The van der Waals surface area contributed by atoms with E-state index < -0.39 is 98.9 Å². The van der Waals surface area contributed by atoms with E-state index in [4.69, 9.17) is 57.1 Å². The first-order chi connectivity index (χ1) is 20.6. The molecule has 16 heteroatoms. The number of hydrogen-bond donors (Lipinski definition) is 10. The number of aliphatic hydroxyl groups is 5. The van der Waals surface area contributed by atoms with Crippen LogP contribution in [0.1, 0.15) is 44.9 Å². The largest absolute Gasteiger partial charge is 0.394 e. The van der Waals surface area contributed by atoms with Crippen LogP contribution >= 0.6 is 0 Å². The molecule has 1 aliphatic carbocycles. The Morgan fingerprint density at radius 3 is 1.79 bits per heavy atom. The molecular formula is C27H53N5O11. The summed E-state index contributed by atoms with van der Waals surface area (Å²) in [5.41, 5.74) is 30.7. The Kier molecular flexibility index (Phi) is 13.3. The molecule has 15 N–H and O–H groups in total. The van der Waals surface area contributed by atoms with Crippen LogP contribution in [0, 0.1) is 5.92 Å². The van der Waals surface area contributed by atoms with E-state index in [9.17, 15) is 25.5 Å². The summed E-state index contributed by atoms with van der Waals surface area (Å²) in [6.45, 7) is -0.341. The highest BCUT2D eigenvalue weighted by Gasteiger charge is 2.52. The fourth-order valence-corrected chi connectivity index (χ4v) is 6.41. The van der Waals surface area contributed by atoms with E-state index >= 15 is 0 Å². The van der Waals surface area contributed by atoms with Gasteiger partial charge in [0.2, 0.25) is 0 Å². The van der Waals surface area contributed by atoms with Gasteiger partial charge in [0.05, 0.1) is 49.7 Å². The smallest absolute Gasteiger partial charge is 0.187 e. The topological polar surface area (TPSA) is 287 Å². The van der Waals surface area contributed by atoms with Crippen LogP contribution in [0.5, 0.6) is 0 Å². The number of nitrogens with two attached hydrogens (primary N) is 5. The van der Waals surface area contributed by atoms with Crippen molar-refractivity contribution in [3.8, 4) is 0 Å². The van der Waals surface area contributed by atoms with Crippen LogP contribution in [0.3, 0.4) is 0 Å². The highest BCUT2D eigenvalue weighted by atomic mass is 16.8. The fourth-order valence-electron chi connectivity index (χ4n) is 6.41. The Hall–Kier alpha value is -0.640. The number of ether oxygens (including phenoxy) is 6. The Morgan fingerprint density at radius 2 is 1.26 bits per heavy atom. The van der Waals surface area contributed by atoms with E-state index in [1.807, 2.05) is 0 Å². The number of aliphatic hydroxyl groups excluding tert-OH is 5. The van der Waals surface area contributed by atoms with Gasteiger partial charge in [-0.1, -0.05) is 0 Å². The summed E-state index contributed by atoms with van der Waals surface area (Å²) in [6.07, 6.45) is -7.74. The van der Waals surface area contributed by atoms with Crippen molar-refractivity contribution in [2.24, 2.45) is 34.6 Å². The molecule has 3 aliphatic heterocycles. The van der Waals surface area contributed by atoms with E-state index in [1.165, 1.54) is 0 Å². The van der Waals surface area contributed by atoms with Gasteiger partial charge in [-0.2, -0.15) is 0 Å². The molecule has 43 heavy (non-hydrogen) atoms. The average molecular weight is 624 g/mol. The lowest BCUT2D eigenvalue weighted by Gasteiger charge is -2.46. The minimum atomic E-state index is -1.40. The second-order valence-corrected chi connectivity index (χ2v) is 12.3. The standard InChI is InChI=1S/C27H53N5O11/c28-8-14-3-5-16(30)25(38-14)41-22-18(32)7-12(1-2-13(35)10-33)20(36)24(22)43-27-21(37)23(19(11-34)40-27)42-26-17(31)6-4-15(9-29)39-26/h12-27,33-37H,1-11,28-32H2/t12-,13?,14+,15-,16-,17-,18+,19-,20+,21-,22-,23-,24-,25-,26-,27+/m1/s1. The first-order valence-corrected chi connectivity index (χ1v) is 15.5. The molecule has 0 aromatic rings. The molecular weight excluding hydrogens is 570 g/mol. The van der Waals surface area contributed by atoms with E-state index in [0.717, 1.165) is 0 Å². The lowest BCUT2D eigenvalue weighted by Crippen LogP contribution is -2.62. The summed E-state index contributed by atoms with van der Waals surface area (Å²) in [6, 6.07) is -1.59. The maximum absolute atomic E-state index is 11.5. The third kappa shape index (κ3) is 8.59. The molecule has 0 bridgehead atoms. The van der Waals surface area contributed by atoms with Crippen molar-refractivity contribution in [2.75, 3.05) is 26.3 Å². The minimum absolute atomic E-state index is 0.231.